The van der Waals surface area contributed by atoms with Crippen LogP contribution in [-0.2, 0) is 16.8 Å². The molecular formula is C15H15BrN2O. The van der Waals surface area contributed by atoms with Crippen LogP contribution in [0.1, 0.15) is 11.1 Å². The molecule has 1 unspecified atom stereocenters. The van der Waals surface area contributed by atoms with Gasteiger partial charge in [-0.25, -0.2) is 0 Å². The van der Waals surface area contributed by atoms with E-state index in [0.717, 1.165) is 10.0 Å². The van der Waals surface area contributed by atoms with Crippen LogP contribution in [0.15, 0.2) is 59.1 Å². The van der Waals surface area contributed by atoms with Gasteiger partial charge in [-0.05, 0) is 23.3 Å². The fraction of sp³-hybridized carbons (Fsp3) is 0.133. The molecule has 0 fully saturated rings. The van der Waals surface area contributed by atoms with E-state index in [1.165, 1.54) is 0 Å². The Hall–Kier alpha value is -1.65. The van der Waals surface area contributed by atoms with E-state index in [1.54, 1.807) is 0 Å². The summed E-state index contributed by atoms with van der Waals surface area (Å²) >= 11 is 3.36. The van der Waals surface area contributed by atoms with Gasteiger partial charge in [-0.15, -0.1) is 0 Å². The first-order chi connectivity index (χ1) is 9.02. The smallest absolute Gasteiger partial charge is 0.242 e. The highest BCUT2D eigenvalue weighted by molar-refractivity contribution is 9.10. The minimum Gasteiger partial charge on any atom is -0.368 e. The molecule has 4 heteroatoms. The summed E-state index contributed by atoms with van der Waals surface area (Å²) in [6.07, 6.45) is 0.380. The minimum absolute atomic E-state index is 0.380. The maximum atomic E-state index is 11.8. The Kier molecular flexibility index (Phi) is 4.02. The number of amides is 1. The highest BCUT2D eigenvalue weighted by atomic mass is 79.9. The molecule has 2 rings (SSSR count). The van der Waals surface area contributed by atoms with Crippen LogP contribution in [-0.4, -0.2) is 5.91 Å². The monoisotopic (exact) mass is 318 g/mol. The fourth-order valence-corrected chi connectivity index (χ4v) is 2.26. The van der Waals surface area contributed by atoms with Gasteiger partial charge in [-0.3, -0.25) is 4.79 Å². The van der Waals surface area contributed by atoms with Crippen LogP contribution >= 0.6 is 15.9 Å². The van der Waals surface area contributed by atoms with Crippen molar-refractivity contribution in [2.75, 3.05) is 0 Å². The molecule has 2 aromatic carbocycles. The van der Waals surface area contributed by atoms with Crippen molar-refractivity contribution < 1.29 is 4.79 Å². The third kappa shape index (κ3) is 3.03. The number of halogens is 1. The van der Waals surface area contributed by atoms with Crippen LogP contribution in [0.5, 0.6) is 0 Å². The predicted octanol–water partition coefficient (Wildman–Crippen LogP) is 2.33. The van der Waals surface area contributed by atoms with Crippen LogP contribution < -0.4 is 11.5 Å². The highest BCUT2D eigenvalue weighted by Gasteiger charge is 2.34. The van der Waals surface area contributed by atoms with Gasteiger partial charge < -0.3 is 11.5 Å². The highest BCUT2D eigenvalue weighted by Crippen LogP contribution is 2.24. The first-order valence-electron chi connectivity index (χ1n) is 5.91. The molecule has 0 aliphatic rings. The van der Waals surface area contributed by atoms with Gasteiger partial charge >= 0.3 is 0 Å². The van der Waals surface area contributed by atoms with E-state index in [1.807, 2.05) is 54.6 Å². The minimum atomic E-state index is -1.19. The summed E-state index contributed by atoms with van der Waals surface area (Å²) in [5.41, 5.74) is 12.3. The van der Waals surface area contributed by atoms with Crippen molar-refractivity contribution in [2.45, 2.75) is 12.0 Å². The predicted molar refractivity (Wildman–Crippen MR) is 79.3 cm³/mol. The summed E-state index contributed by atoms with van der Waals surface area (Å²) in [6, 6.07) is 17.0. The van der Waals surface area contributed by atoms with Crippen molar-refractivity contribution >= 4 is 21.8 Å². The molecule has 0 bridgehead atoms. The molecule has 0 saturated carbocycles. The van der Waals surface area contributed by atoms with Gasteiger partial charge in [0.15, 0.2) is 0 Å². The molecule has 19 heavy (non-hydrogen) atoms. The lowest BCUT2D eigenvalue weighted by molar-refractivity contribution is -0.123. The largest absolute Gasteiger partial charge is 0.368 e. The Balaban J connectivity index is 2.38. The topological polar surface area (TPSA) is 69.1 Å². The summed E-state index contributed by atoms with van der Waals surface area (Å²) in [5, 5.41) is 0. The zero-order valence-electron chi connectivity index (χ0n) is 10.3. The third-order valence-corrected chi connectivity index (χ3v) is 3.65. The van der Waals surface area contributed by atoms with Crippen LogP contribution in [0.3, 0.4) is 0 Å². The summed E-state index contributed by atoms with van der Waals surface area (Å²) in [4.78, 5) is 11.8. The van der Waals surface area contributed by atoms with Crippen molar-refractivity contribution in [1.29, 1.82) is 0 Å². The van der Waals surface area contributed by atoms with E-state index in [-0.39, 0.29) is 0 Å². The molecule has 0 aliphatic carbocycles. The Bertz CT molecular complexity index is 568. The van der Waals surface area contributed by atoms with Gasteiger partial charge in [0, 0.05) is 10.9 Å². The van der Waals surface area contributed by atoms with E-state index in [9.17, 15) is 4.79 Å². The SMILES string of the molecule is NC(=O)C(N)(Cc1ccccc1)c1ccc(Br)cc1. The molecule has 0 aromatic heterocycles. The summed E-state index contributed by atoms with van der Waals surface area (Å²) in [7, 11) is 0. The molecular weight excluding hydrogens is 304 g/mol. The van der Waals surface area contributed by atoms with Gasteiger partial charge in [-0.2, -0.15) is 0 Å². The second-order valence-corrected chi connectivity index (χ2v) is 5.42. The molecule has 0 saturated heterocycles. The Morgan fingerprint density at radius 3 is 2.16 bits per heavy atom. The Morgan fingerprint density at radius 1 is 1.05 bits per heavy atom. The number of nitrogens with two attached hydrogens (primary N) is 2. The van der Waals surface area contributed by atoms with Crippen molar-refractivity contribution in [3.05, 3.63) is 70.2 Å². The number of benzene rings is 2. The molecule has 1 amide bonds. The first kappa shape index (κ1) is 13.8. The lowest BCUT2D eigenvalue weighted by Crippen LogP contribution is -2.50. The summed E-state index contributed by atoms with van der Waals surface area (Å²) < 4.78 is 0.933. The van der Waals surface area contributed by atoms with Crippen LogP contribution in [0.25, 0.3) is 0 Å². The quantitative estimate of drug-likeness (QED) is 0.908. The number of carbonyl (C=O) groups is 1. The molecule has 4 N–H and O–H groups in total. The second-order valence-electron chi connectivity index (χ2n) is 4.50. The Labute approximate surface area is 120 Å². The molecule has 0 heterocycles. The molecule has 98 valence electrons. The molecule has 0 radical (unpaired) electrons. The van der Waals surface area contributed by atoms with Crippen molar-refractivity contribution in [3.63, 3.8) is 0 Å². The lowest BCUT2D eigenvalue weighted by atomic mass is 9.84. The van der Waals surface area contributed by atoms with Gasteiger partial charge in [0.2, 0.25) is 5.91 Å². The van der Waals surface area contributed by atoms with Crippen LogP contribution in [0, 0.1) is 0 Å². The van der Waals surface area contributed by atoms with Crippen molar-refractivity contribution in [1.82, 2.24) is 0 Å². The molecule has 1 atom stereocenters. The first-order valence-corrected chi connectivity index (χ1v) is 6.70. The van der Waals surface area contributed by atoms with Gasteiger partial charge in [0.1, 0.15) is 5.54 Å². The average molecular weight is 319 g/mol. The maximum Gasteiger partial charge on any atom is 0.242 e. The van der Waals surface area contributed by atoms with E-state index < -0.39 is 11.4 Å². The van der Waals surface area contributed by atoms with E-state index in [2.05, 4.69) is 15.9 Å². The lowest BCUT2D eigenvalue weighted by Gasteiger charge is -2.26. The number of hydrogen-bond acceptors (Lipinski definition) is 2. The van der Waals surface area contributed by atoms with Crippen molar-refractivity contribution in [3.8, 4) is 0 Å². The molecule has 0 aliphatic heterocycles. The summed E-state index contributed by atoms with van der Waals surface area (Å²) in [5.74, 6) is -0.529. The van der Waals surface area contributed by atoms with Crippen LogP contribution in [0.4, 0.5) is 0 Å². The molecule has 2 aromatic rings. The fourth-order valence-electron chi connectivity index (χ4n) is 2.00. The van der Waals surface area contributed by atoms with E-state index >= 15 is 0 Å². The van der Waals surface area contributed by atoms with Gasteiger partial charge in [-0.1, -0.05) is 58.4 Å². The van der Waals surface area contributed by atoms with Crippen molar-refractivity contribution in [2.24, 2.45) is 11.5 Å². The zero-order chi connectivity index (χ0) is 13.9. The summed E-state index contributed by atoms with van der Waals surface area (Å²) in [6.45, 7) is 0. The third-order valence-electron chi connectivity index (χ3n) is 3.12. The standard InChI is InChI=1S/C15H15BrN2O/c16-13-8-6-12(7-9-13)15(18,14(17)19)10-11-4-2-1-3-5-11/h1-9H,10,18H2,(H2,17,19). The normalized spacial score (nSPS) is 13.8. The molecule has 0 spiro atoms. The van der Waals surface area contributed by atoms with Crippen LogP contribution in [0.2, 0.25) is 0 Å². The van der Waals surface area contributed by atoms with Gasteiger partial charge in [0.25, 0.3) is 0 Å². The number of carbonyl (C=O) groups excluding carboxylic acids is 1. The number of rotatable bonds is 4. The second kappa shape index (κ2) is 5.55. The zero-order valence-corrected chi connectivity index (χ0v) is 11.9. The number of primary amides is 1. The Morgan fingerprint density at radius 2 is 1.63 bits per heavy atom. The maximum absolute atomic E-state index is 11.8. The molecule has 3 nitrogen and oxygen atoms in total. The number of hydrogen-bond donors (Lipinski definition) is 2. The average Bonchev–Trinajstić information content (AvgIpc) is 2.40. The van der Waals surface area contributed by atoms with E-state index in [4.69, 9.17) is 11.5 Å². The van der Waals surface area contributed by atoms with E-state index in [0.29, 0.717) is 12.0 Å². The van der Waals surface area contributed by atoms with Gasteiger partial charge in [0.05, 0.1) is 0 Å².